The lowest BCUT2D eigenvalue weighted by molar-refractivity contribution is 0.161. The van der Waals surface area contributed by atoms with E-state index in [1.54, 1.807) is 30.5 Å². The molecule has 1 fully saturated rings. The van der Waals surface area contributed by atoms with Gasteiger partial charge in [-0.25, -0.2) is 27.8 Å². The van der Waals surface area contributed by atoms with Crippen molar-refractivity contribution in [3.8, 4) is 11.1 Å². The highest BCUT2D eigenvalue weighted by Crippen LogP contribution is 2.32. The minimum absolute atomic E-state index is 0.00944. The molecule has 204 valence electrons. The van der Waals surface area contributed by atoms with Crippen molar-refractivity contribution in [1.29, 1.82) is 0 Å². The molecule has 0 unspecified atom stereocenters. The molecule has 0 spiro atoms. The summed E-state index contributed by atoms with van der Waals surface area (Å²) in [7, 11) is -1.61. The van der Waals surface area contributed by atoms with Gasteiger partial charge in [-0.1, -0.05) is 35.3 Å². The first-order valence-corrected chi connectivity index (χ1v) is 14.6. The Bertz CT molecular complexity index is 1620. The van der Waals surface area contributed by atoms with E-state index in [1.807, 2.05) is 12.1 Å². The molecule has 1 aliphatic rings. The quantitative estimate of drug-likeness (QED) is 0.280. The van der Waals surface area contributed by atoms with Gasteiger partial charge in [-0.2, -0.15) is 0 Å². The first kappa shape index (κ1) is 27.5. The van der Waals surface area contributed by atoms with Gasteiger partial charge in [-0.3, -0.25) is 9.62 Å². The molecule has 2 aromatic carbocycles. The number of halogens is 3. The van der Waals surface area contributed by atoms with E-state index >= 15 is 0 Å². The van der Waals surface area contributed by atoms with Crippen LogP contribution in [0.25, 0.3) is 22.0 Å². The zero-order valence-electron chi connectivity index (χ0n) is 21.0. The summed E-state index contributed by atoms with van der Waals surface area (Å²) in [6.07, 6.45) is 2.94. The first-order valence-electron chi connectivity index (χ1n) is 12.2. The van der Waals surface area contributed by atoms with Crippen LogP contribution in [0.15, 0.2) is 55.0 Å². The number of aromatic nitrogens is 3. The van der Waals surface area contributed by atoms with Crippen molar-refractivity contribution < 1.29 is 12.8 Å². The number of hydrogen-bond donors (Lipinski definition) is 2. The molecule has 0 aliphatic carbocycles. The number of nitrogens with one attached hydrogen (secondary N) is 2. The highest BCUT2D eigenvalue weighted by atomic mass is 35.5. The molecule has 1 aliphatic heterocycles. The van der Waals surface area contributed by atoms with Crippen LogP contribution in [0.5, 0.6) is 0 Å². The summed E-state index contributed by atoms with van der Waals surface area (Å²) in [6.45, 7) is 3.91. The van der Waals surface area contributed by atoms with E-state index in [2.05, 4.69) is 41.8 Å². The SMILES string of the molecule is CN1CCN(CCS(=O)(=O)Nc2cc(-c3ccc4ncnc(Nc5cccc(Cl)c5F)c4c3)cnc2Cl)CC1. The predicted molar refractivity (Wildman–Crippen MR) is 154 cm³/mol. The van der Waals surface area contributed by atoms with Crippen LogP contribution in [-0.4, -0.2) is 78.7 Å². The molecule has 0 saturated carbocycles. The zero-order valence-corrected chi connectivity index (χ0v) is 23.4. The monoisotopic (exact) mass is 589 g/mol. The summed E-state index contributed by atoms with van der Waals surface area (Å²) in [5.74, 6) is -0.261. The van der Waals surface area contributed by atoms with Crippen LogP contribution < -0.4 is 10.0 Å². The Morgan fingerprint density at radius 2 is 1.77 bits per heavy atom. The minimum atomic E-state index is -3.66. The van der Waals surface area contributed by atoms with Crippen LogP contribution in [0.4, 0.5) is 21.6 Å². The summed E-state index contributed by atoms with van der Waals surface area (Å²) in [4.78, 5) is 17.1. The summed E-state index contributed by atoms with van der Waals surface area (Å²) in [6, 6.07) is 11.7. The van der Waals surface area contributed by atoms with Gasteiger partial charge in [0.2, 0.25) is 10.0 Å². The van der Waals surface area contributed by atoms with Crippen LogP contribution in [0.1, 0.15) is 0 Å². The lowest BCUT2D eigenvalue weighted by Crippen LogP contribution is -2.46. The number of anilines is 3. The van der Waals surface area contributed by atoms with Crippen molar-refractivity contribution in [2.45, 2.75) is 0 Å². The third kappa shape index (κ3) is 6.56. The van der Waals surface area contributed by atoms with Crippen molar-refractivity contribution in [3.05, 3.63) is 71.0 Å². The van der Waals surface area contributed by atoms with Crippen molar-refractivity contribution in [3.63, 3.8) is 0 Å². The Labute approximate surface area is 236 Å². The average molecular weight is 591 g/mol. The van der Waals surface area contributed by atoms with Crippen molar-refractivity contribution in [1.82, 2.24) is 24.8 Å². The van der Waals surface area contributed by atoms with Gasteiger partial charge < -0.3 is 10.2 Å². The van der Waals surface area contributed by atoms with Crippen LogP contribution >= 0.6 is 23.2 Å². The molecule has 9 nitrogen and oxygen atoms in total. The molecule has 0 radical (unpaired) electrons. The van der Waals surface area contributed by atoms with Gasteiger partial charge in [0.15, 0.2) is 11.0 Å². The topological polar surface area (TPSA) is 103 Å². The van der Waals surface area contributed by atoms with Crippen molar-refractivity contribution in [2.75, 3.05) is 55.6 Å². The number of fused-ring (bicyclic) bond motifs is 1. The van der Waals surface area contributed by atoms with E-state index in [1.165, 1.54) is 12.4 Å². The molecule has 2 aromatic heterocycles. The Balaban J connectivity index is 1.38. The standard InChI is InChI=1S/C26H26Cl2FN7O2S/c1-35-7-9-36(10-8-35)11-12-39(37,38)34-23-14-18(15-30-25(23)28)17-5-6-21-19(13-17)26(32-16-31-21)33-22-4-2-3-20(27)24(22)29/h2-6,13-16,34H,7-12H2,1H3,(H,31,32,33). The fourth-order valence-corrected chi connectivity index (χ4v) is 5.75. The highest BCUT2D eigenvalue weighted by molar-refractivity contribution is 7.92. The summed E-state index contributed by atoms with van der Waals surface area (Å²) < 4.78 is 42.8. The molecule has 0 amide bonds. The maximum Gasteiger partial charge on any atom is 0.234 e. The first-order chi connectivity index (χ1) is 18.7. The second kappa shape index (κ2) is 11.6. The van der Waals surface area contributed by atoms with Gasteiger partial charge in [-0.05, 0) is 42.9 Å². The number of rotatable bonds is 8. The molecule has 3 heterocycles. The number of benzene rings is 2. The fourth-order valence-electron chi connectivity index (χ4n) is 4.28. The van der Waals surface area contributed by atoms with Gasteiger partial charge in [0, 0.05) is 49.9 Å². The minimum Gasteiger partial charge on any atom is -0.337 e. The molecule has 5 rings (SSSR count). The van der Waals surface area contributed by atoms with E-state index in [0.717, 1.165) is 26.2 Å². The Morgan fingerprint density at radius 3 is 2.56 bits per heavy atom. The van der Waals surface area contributed by atoms with E-state index in [4.69, 9.17) is 23.2 Å². The number of sulfonamides is 1. The van der Waals surface area contributed by atoms with Crippen molar-refractivity contribution >= 4 is 61.3 Å². The Morgan fingerprint density at radius 1 is 0.974 bits per heavy atom. The maximum absolute atomic E-state index is 14.5. The molecule has 4 aromatic rings. The van der Waals surface area contributed by atoms with E-state index in [9.17, 15) is 12.8 Å². The molecular formula is C26H26Cl2FN7O2S. The fraction of sp³-hybridized carbons (Fsp3) is 0.269. The number of nitrogens with zero attached hydrogens (tertiary/aromatic N) is 5. The highest BCUT2D eigenvalue weighted by Gasteiger charge is 2.19. The summed E-state index contributed by atoms with van der Waals surface area (Å²) in [5, 5.41) is 3.64. The molecule has 0 atom stereocenters. The predicted octanol–water partition coefficient (Wildman–Crippen LogP) is 4.87. The summed E-state index contributed by atoms with van der Waals surface area (Å²) in [5.41, 5.74) is 2.34. The molecule has 13 heteroatoms. The molecule has 0 bridgehead atoms. The number of hydrogen-bond acceptors (Lipinski definition) is 8. The normalized spacial score (nSPS) is 15.0. The summed E-state index contributed by atoms with van der Waals surface area (Å²) >= 11 is 12.2. The number of likely N-dealkylation sites (N-methyl/N-ethyl adjacent to an activating group) is 1. The molecule has 39 heavy (non-hydrogen) atoms. The van der Waals surface area contributed by atoms with E-state index < -0.39 is 15.8 Å². The van der Waals surface area contributed by atoms with Gasteiger partial charge >= 0.3 is 0 Å². The molecular weight excluding hydrogens is 564 g/mol. The molecule has 1 saturated heterocycles. The van der Waals surface area contributed by atoms with Crippen LogP contribution in [0, 0.1) is 5.82 Å². The molecule has 2 N–H and O–H groups in total. The third-order valence-corrected chi connectivity index (χ3v) is 8.39. The van der Waals surface area contributed by atoms with Gasteiger partial charge in [-0.15, -0.1) is 0 Å². The van der Waals surface area contributed by atoms with Crippen molar-refractivity contribution in [2.24, 2.45) is 0 Å². The second-order valence-electron chi connectivity index (χ2n) is 9.31. The van der Waals surface area contributed by atoms with E-state index in [-0.39, 0.29) is 27.3 Å². The second-order valence-corrected chi connectivity index (χ2v) is 11.9. The van der Waals surface area contributed by atoms with Gasteiger partial charge in [0.25, 0.3) is 0 Å². The van der Waals surface area contributed by atoms with Gasteiger partial charge in [0.05, 0.1) is 27.7 Å². The lowest BCUT2D eigenvalue weighted by Gasteiger charge is -2.32. The Hall–Kier alpha value is -3.09. The number of piperazine rings is 1. The van der Waals surface area contributed by atoms with E-state index in [0.29, 0.717) is 34.4 Å². The Kier molecular flexibility index (Phi) is 8.15. The average Bonchev–Trinajstić information content (AvgIpc) is 2.92. The van der Waals surface area contributed by atoms with Crippen LogP contribution in [0.2, 0.25) is 10.2 Å². The maximum atomic E-state index is 14.5. The smallest absolute Gasteiger partial charge is 0.234 e. The van der Waals surface area contributed by atoms with Gasteiger partial charge in [0.1, 0.15) is 12.1 Å². The number of pyridine rings is 1. The van der Waals surface area contributed by atoms with Crippen LogP contribution in [0.3, 0.4) is 0 Å². The zero-order chi connectivity index (χ0) is 27.6. The largest absolute Gasteiger partial charge is 0.337 e. The lowest BCUT2D eigenvalue weighted by atomic mass is 10.0. The van der Waals surface area contributed by atoms with Crippen LogP contribution in [-0.2, 0) is 10.0 Å². The third-order valence-electron chi connectivity index (χ3n) is 6.55.